The lowest BCUT2D eigenvalue weighted by Crippen LogP contribution is -2.33. The Morgan fingerprint density at radius 1 is 0.889 bits per heavy atom. The van der Waals surface area contributed by atoms with Crippen LogP contribution in [0.15, 0.2) is 67.0 Å². The molecule has 0 aliphatic rings. The first-order valence-corrected chi connectivity index (χ1v) is 6.10. The standard InChI is InChI=1S/C17H15N/c1-14-5-4-6-15(11-14)12-18-10-9-16-7-2-3-8-17(16)13-18/h2-11,13H,1,12H2/q+1. The number of hydrogen-bond acceptors (Lipinski definition) is 0. The Hall–Kier alpha value is -2.15. The minimum absolute atomic E-state index is 0.883. The number of fused-ring (bicyclic) bond motifs is 1. The van der Waals surface area contributed by atoms with Crippen molar-refractivity contribution >= 4 is 10.8 Å². The molecule has 0 fully saturated rings. The van der Waals surface area contributed by atoms with E-state index < -0.39 is 0 Å². The van der Waals surface area contributed by atoms with Crippen molar-refractivity contribution in [2.45, 2.75) is 6.54 Å². The summed E-state index contributed by atoms with van der Waals surface area (Å²) in [6, 6.07) is 18.9. The maximum atomic E-state index is 3.96. The number of nitrogens with zero attached hydrogens (tertiary/aromatic N) is 1. The molecule has 0 spiro atoms. The van der Waals surface area contributed by atoms with Gasteiger partial charge in [-0.25, -0.2) is 4.57 Å². The second-order valence-electron chi connectivity index (χ2n) is 4.57. The summed E-state index contributed by atoms with van der Waals surface area (Å²) in [6.45, 7) is 4.85. The Morgan fingerprint density at radius 3 is 2.56 bits per heavy atom. The van der Waals surface area contributed by atoms with Gasteiger partial charge >= 0.3 is 0 Å². The van der Waals surface area contributed by atoms with Crippen molar-refractivity contribution in [2.75, 3.05) is 0 Å². The summed E-state index contributed by atoms with van der Waals surface area (Å²) in [4.78, 5) is 0. The van der Waals surface area contributed by atoms with Crippen LogP contribution in [0, 0.1) is 6.92 Å². The molecule has 1 heteroatoms. The van der Waals surface area contributed by atoms with Gasteiger partial charge in [0.1, 0.15) is 0 Å². The van der Waals surface area contributed by atoms with Gasteiger partial charge in [0.2, 0.25) is 0 Å². The molecular formula is C17H15N+. The molecule has 0 aliphatic heterocycles. The van der Waals surface area contributed by atoms with E-state index in [4.69, 9.17) is 0 Å². The Bertz CT molecular complexity index is 686. The van der Waals surface area contributed by atoms with E-state index in [1.165, 1.54) is 16.3 Å². The first-order valence-electron chi connectivity index (χ1n) is 6.10. The van der Waals surface area contributed by atoms with Gasteiger partial charge in [-0.05, 0) is 30.0 Å². The molecule has 0 bridgehead atoms. The zero-order chi connectivity index (χ0) is 12.4. The molecule has 1 nitrogen and oxygen atoms in total. The van der Waals surface area contributed by atoms with Crippen LogP contribution >= 0.6 is 0 Å². The van der Waals surface area contributed by atoms with Crippen LogP contribution in [0.4, 0.5) is 0 Å². The summed E-state index contributed by atoms with van der Waals surface area (Å²) in [5, 5.41) is 2.55. The molecule has 0 saturated heterocycles. The summed E-state index contributed by atoms with van der Waals surface area (Å²) in [5.74, 6) is 0. The van der Waals surface area contributed by atoms with Crippen LogP contribution in [-0.4, -0.2) is 0 Å². The molecule has 1 radical (unpaired) electrons. The number of aromatic nitrogens is 1. The van der Waals surface area contributed by atoms with Crippen LogP contribution in [-0.2, 0) is 6.54 Å². The Morgan fingerprint density at radius 2 is 1.72 bits per heavy atom. The molecule has 0 N–H and O–H groups in total. The van der Waals surface area contributed by atoms with Gasteiger partial charge in [0, 0.05) is 17.0 Å². The summed E-state index contributed by atoms with van der Waals surface area (Å²) < 4.78 is 2.21. The first kappa shape index (κ1) is 11.0. The van der Waals surface area contributed by atoms with Gasteiger partial charge in [0.25, 0.3) is 0 Å². The minimum Gasteiger partial charge on any atom is -0.200 e. The molecule has 18 heavy (non-hydrogen) atoms. The monoisotopic (exact) mass is 233 g/mol. The SMILES string of the molecule is [CH2]c1cccc(C[n+]2ccc3ccccc3c2)c1. The fourth-order valence-electron chi connectivity index (χ4n) is 2.22. The number of benzene rings is 2. The van der Waals surface area contributed by atoms with Crippen molar-refractivity contribution in [1.82, 2.24) is 0 Å². The summed E-state index contributed by atoms with van der Waals surface area (Å²) in [5.41, 5.74) is 2.34. The second kappa shape index (κ2) is 4.61. The molecule has 0 amide bonds. The van der Waals surface area contributed by atoms with Crippen LogP contribution < -0.4 is 4.57 Å². The number of rotatable bonds is 2. The van der Waals surface area contributed by atoms with Gasteiger partial charge in [-0.2, -0.15) is 0 Å². The predicted molar refractivity (Wildman–Crippen MR) is 74.1 cm³/mol. The predicted octanol–water partition coefficient (Wildman–Crippen LogP) is 3.36. The molecule has 1 heterocycles. The zero-order valence-corrected chi connectivity index (χ0v) is 10.2. The van der Waals surface area contributed by atoms with Crippen molar-refractivity contribution in [1.29, 1.82) is 0 Å². The van der Waals surface area contributed by atoms with Gasteiger partial charge in [-0.1, -0.05) is 36.4 Å². The zero-order valence-electron chi connectivity index (χ0n) is 10.2. The summed E-state index contributed by atoms with van der Waals surface area (Å²) >= 11 is 0. The third kappa shape index (κ3) is 2.25. The van der Waals surface area contributed by atoms with Crippen LogP contribution in [0.1, 0.15) is 11.1 Å². The molecular weight excluding hydrogens is 218 g/mol. The van der Waals surface area contributed by atoms with Crippen LogP contribution in [0.2, 0.25) is 0 Å². The summed E-state index contributed by atoms with van der Waals surface area (Å²) in [7, 11) is 0. The van der Waals surface area contributed by atoms with Gasteiger partial charge in [0.05, 0.1) is 0 Å². The third-order valence-electron chi connectivity index (χ3n) is 3.10. The van der Waals surface area contributed by atoms with Crippen LogP contribution in [0.5, 0.6) is 0 Å². The molecule has 0 unspecified atom stereocenters. The smallest absolute Gasteiger partial charge is 0.176 e. The quantitative estimate of drug-likeness (QED) is 0.598. The molecule has 3 rings (SSSR count). The van der Waals surface area contributed by atoms with Gasteiger partial charge < -0.3 is 0 Å². The van der Waals surface area contributed by atoms with Gasteiger partial charge in [-0.15, -0.1) is 0 Å². The van der Waals surface area contributed by atoms with Crippen LogP contribution in [0.25, 0.3) is 10.8 Å². The molecule has 0 saturated carbocycles. The third-order valence-corrected chi connectivity index (χ3v) is 3.10. The molecule has 0 atom stereocenters. The van der Waals surface area contributed by atoms with Crippen molar-refractivity contribution in [3.8, 4) is 0 Å². The van der Waals surface area contributed by atoms with Crippen molar-refractivity contribution in [3.63, 3.8) is 0 Å². The van der Waals surface area contributed by atoms with E-state index in [2.05, 4.69) is 72.4 Å². The topological polar surface area (TPSA) is 3.88 Å². The average molecular weight is 233 g/mol. The minimum atomic E-state index is 0.883. The fraction of sp³-hybridized carbons (Fsp3) is 0.0588. The number of hydrogen-bond donors (Lipinski definition) is 0. The molecule has 0 aliphatic carbocycles. The van der Waals surface area contributed by atoms with E-state index in [1.807, 2.05) is 6.07 Å². The van der Waals surface area contributed by atoms with E-state index >= 15 is 0 Å². The van der Waals surface area contributed by atoms with Crippen molar-refractivity contribution < 1.29 is 4.57 Å². The lowest BCUT2D eigenvalue weighted by Gasteiger charge is -2.01. The van der Waals surface area contributed by atoms with E-state index in [1.54, 1.807) is 0 Å². The van der Waals surface area contributed by atoms with Crippen LogP contribution in [0.3, 0.4) is 0 Å². The van der Waals surface area contributed by atoms with E-state index in [-0.39, 0.29) is 0 Å². The average Bonchev–Trinajstić information content (AvgIpc) is 2.39. The largest absolute Gasteiger partial charge is 0.200 e. The molecule has 1 aromatic heterocycles. The van der Waals surface area contributed by atoms with Gasteiger partial charge in [-0.3, -0.25) is 0 Å². The van der Waals surface area contributed by atoms with Gasteiger partial charge in [0.15, 0.2) is 18.9 Å². The highest BCUT2D eigenvalue weighted by Gasteiger charge is 2.04. The maximum Gasteiger partial charge on any atom is 0.176 e. The lowest BCUT2D eigenvalue weighted by atomic mass is 10.1. The Kier molecular flexibility index (Phi) is 2.81. The second-order valence-corrected chi connectivity index (χ2v) is 4.57. The molecule has 2 aromatic carbocycles. The fourth-order valence-corrected chi connectivity index (χ4v) is 2.22. The van der Waals surface area contributed by atoms with Crippen molar-refractivity contribution in [3.05, 3.63) is 85.0 Å². The van der Waals surface area contributed by atoms with E-state index in [0.717, 1.165) is 12.1 Å². The maximum absolute atomic E-state index is 3.96. The normalized spacial score (nSPS) is 10.7. The highest BCUT2D eigenvalue weighted by atomic mass is 14.9. The van der Waals surface area contributed by atoms with E-state index in [0.29, 0.717) is 0 Å². The molecule has 87 valence electrons. The molecule has 3 aromatic rings. The summed E-state index contributed by atoms with van der Waals surface area (Å²) in [6.07, 6.45) is 4.31. The first-order chi connectivity index (χ1) is 8.81. The Balaban J connectivity index is 1.95. The van der Waals surface area contributed by atoms with Crippen molar-refractivity contribution in [2.24, 2.45) is 0 Å². The Labute approximate surface area is 107 Å². The highest BCUT2D eigenvalue weighted by Crippen LogP contribution is 2.10. The number of pyridine rings is 1. The van der Waals surface area contributed by atoms with E-state index in [9.17, 15) is 0 Å². The lowest BCUT2D eigenvalue weighted by molar-refractivity contribution is -0.687. The highest BCUT2D eigenvalue weighted by molar-refractivity contribution is 5.80.